The molecule has 8 nitrogen and oxygen atoms in total. The minimum Gasteiger partial charge on any atom is -0.462 e. The molecule has 0 fully saturated rings. The van der Waals surface area contributed by atoms with Crippen LogP contribution >= 0.6 is 11.6 Å². The number of benzene rings is 1. The smallest absolute Gasteiger partial charge is 0.342 e. The fourth-order valence-corrected chi connectivity index (χ4v) is 3.04. The van der Waals surface area contributed by atoms with Crippen LogP contribution in [-0.2, 0) is 16.1 Å². The van der Waals surface area contributed by atoms with Crippen molar-refractivity contribution >= 4 is 40.3 Å². The summed E-state index contributed by atoms with van der Waals surface area (Å²) in [5, 5.41) is 3.28. The van der Waals surface area contributed by atoms with Crippen LogP contribution in [0.5, 0.6) is 0 Å². The van der Waals surface area contributed by atoms with Crippen molar-refractivity contribution in [2.75, 3.05) is 11.9 Å². The second-order valence-electron chi connectivity index (χ2n) is 6.12. The maximum atomic E-state index is 12.8. The predicted molar refractivity (Wildman–Crippen MR) is 104 cm³/mol. The lowest BCUT2D eigenvalue weighted by atomic mass is 10.2. The molecule has 0 aliphatic heterocycles. The van der Waals surface area contributed by atoms with Crippen molar-refractivity contribution in [2.24, 2.45) is 0 Å². The molecule has 3 aromatic rings. The average molecular weight is 404 g/mol. The van der Waals surface area contributed by atoms with E-state index in [-0.39, 0.29) is 35.6 Å². The Bertz CT molecular complexity index is 1130. The number of aryl methyl sites for hydroxylation is 2. The van der Waals surface area contributed by atoms with Crippen LogP contribution < -0.4 is 10.9 Å². The van der Waals surface area contributed by atoms with Crippen molar-refractivity contribution in [3.8, 4) is 0 Å². The van der Waals surface area contributed by atoms with E-state index in [2.05, 4.69) is 10.3 Å². The summed E-state index contributed by atoms with van der Waals surface area (Å²) in [6, 6.07) is 5.05. The third-order valence-electron chi connectivity index (χ3n) is 4.11. The van der Waals surface area contributed by atoms with Crippen molar-refractivity contribution < 1.29 is 18.7 Å². The van der Waals surface area contributed by atoms with Gasteiger partial charge in [0, 0.05) is 10.7 Å². The van der Waals surface area contributed by atoms with Crippen LogP contribution in [0.1, 0.15) is 28.6 Å². The van der Waals surface area contributed by atoms with Gasteiger partial charge in [0.15, 0.2) is 0 Å². The van der Waals surface area contributed by atoms with Gasteiger partial charge in [0.05, 0.1) is 6.61 Å². The molecule has 0 saturated heterocycles. The molecule has 2 heterocycles. The number of hydrogen-bond acceptors (Lipinski definition) is 6. The maximum absolute atomic E-state index is 12.8. The number of carbonyl (C=O) groups is 2. The molecular weight excluding hydrogens is 386 g/mol. The molecule has 0 saturated carbocycles. The second kappa shape index (κ2) is 7.85. The first kappa shape index (κ1) is 19.6. The van der Waals surface area contributed by atoms with Gasteiger partial charge in [-0.3, -0.25) is 14.2 Å². The lowest BCUT2D eigenvalue weighted by Gasteiger charge is -2.10. The zero-order valence-electron chi connectivity index (χ0n) is 15.5. The van der Waals surface area contributed by atoms with Crippen LogP contribution in [0.25, 0.3) is 11.1 Å². The minimum atomic E-state index is -0.670. The Hall–Kier alpha value is -3.13. The van der Waals surface area contributed by atoms with E-state index in [1.54, 1.807) is 39.0 Å². The van der Waals surface area contributed by atoms with Gasteiger partial charge in [-0.1, -0.05) is 11.6 Å². The molecular formula is C19H18ClN3O5. The van der Waals surface area contributed by atoms with Gasteiger partial charge in [0.2, 0.25) is 11.6 Å². The summed E-state index contributed by atoms with van der Waals surface area (Å²) >= 11 is 5.91. The van der Waals surface area contributed by atoms with Crippen molar-refractivity contribution in [2.45, 2.75) is 27.3 Å². The van der Waals surface area contributed by atoms with E-state index >= 15 is 0 Å². The van der Waals surface area contributed by atoms with Crippen LogP contribution in [0.15, 0.2) is 33.7 Å². The van der Waals surface area contributed by atoms with E-state index in [4.69, 9.17) is 20.8 Å². The first-order chi connectivity index (χ1) is 13.3. The molecule has 1 aromatic carbocycles. The first-order valence-electron chi connectivity index (χ1n) is 8.53. The number of nitrogens with one attached hydrogen (secondary N) is 1. The van der Waals surface area contributed by atoms with E-state index in [1.165, 1.54) is 6.33 Å². The summed E-state index contributed by atoms with van der Waals surface area (Å²) in [6.45, 7) is 4.89. The molecule has 1 amide bonds. The Balaban J connectivity index is 1.92. The van der Waals surface area contributed by atoms with Crippen molar-refractivity contribution in [3.63, 3.8) is 0 Å². The number of anilines is 1. The number of hydrogen-bond donors (Lipinski definition) is 1. The highest BCUT2D eigenvalue weighted by Gasteiger charge is 2.24. The molecule has 0 bridgehead atoms. The number of amides is 1. The highest BCUT2D eigenvalue weighted by atomic mass is 35.5. The topological polar surface area (TPSA) is 103 Å². The molecule has 28 heavy (non-hydrogen) atoms. The standard InChI is InChI=1S/C19H18ClN3O5/c1-4-27-19(26)15-11(3)28-17-16(15)18(25)23(9-21-17)8-14(24)22-13-6-5-12(20)7-10(13)2/h5-7,9H,4,8H2,1-3H3,(H,22,24). The van der Waals surface area contributed by atoms with Gasteiger partial charge in [0.1, 0.15) is 29.6 Å². The Labute approximate surface area is 165 Å². The third-order valence-corrected chi connectivity index (χ3v) is 4.35. The minimum absolute atomic E-state index is 0.00563. The Kier molecular flexibility index (Phi) is 5.51. The van der Waals surface area contributed by atoms with Crippen LogP contribution in [0.3, 0.4) is 0 Å². The van der Waals surface area contributed by atoms with E-state index in [0.717, 1.165) is 10.1 Å². The van der Waals surface area contributed by atoms with E-state index < -0.39 is 17.4 Å². The summed E-state index contributed by atoms with van der Waals surface area (Å²) in [5.74, 6) is -0.861. The van der Waals surface area contributed by atoms with Gasteiger partial charge in [-0.2, -0.15) is 0 Å². The number of ether oxygens (including phenoxy) is 1. The zero-order chi connectivity index (χ0) is 20.4. The van der Waals surface area contributed by atoms with Crippen LogP contribution in [0.2, 0.25) is 5.02 Å². The van der Waals surface area contributed by atoms with Crippen LogP contribution in [-0.4, -0.2) is 28.0 Å². The molecule has 0 radical (unpaired) electrons. The average Bonchev–Trinajstić information content (AvgIpc) is 2.97. The number of nitrogens with zero attached hydrogens (tertiary/aromatic N) is 2. The predicted octanol–water partition coefficient (Wildman–Crippen LogP) is 3.08. The number of rotatable bonds is 5. The van der Waals surface area contributed by atoms with Gasteiger partial charge >= 0.3 is 5.97 Å². The van der Waals surface area contributed by atoms with Gasteiger partial charge < -0.3 is 14.5 Å². The van der Waals surface area contributed by atoms with E-state index in [1.807, 2.05) is 0 Å². The van der Waals surface area contributed by atoms with Crippen molar-refractivity contribution in [3.05, 3.63) is 56.8 Å². The number of aromatic nitrogens is 2. The fourth-order valence-electron chi connectivity index (χ4n) is 2.81. The van der Waals surface area contributed by atoms with Gasteiger partial charge in [0.25, 0.3) is 5.56 Å². The number of fused-ring (bicyclic) bond motifs is 1. The summed E-state index contributed by atoms with van der Waals surface area (Å²) in [5.41, 5.74) is 0.862. The number of esters is 1. The van der Waals surface area contributed by atoms with Crippen LogP contribution in [0.4, 0.5) is 5.69 Å². The molecule has 0 unspecified atom stereocenters. The molecule has 0 aliphatic rings. The van der Waals surface area contributed by atoms with Gasteiger partial charge in [-0.15, -0.1) is 0 Å². The number of halogens is 1. The second-order valence-corrected chi connectivity index (χ2v) is 6.56. The SMILES string of the molecule is CCOC(=O)c1c(C)oc2ncn(CC(=O)Nc3ccc(Cl)cc3C)c(=O)c12. The van der Waals surface area contributed by atoms with Gasteiger partial charge in [-0.25, -0.2) is 9.78 Å². The quantitative estimate of drug-likeness (QED) is 0.656. The molecule has 3 rings (SSSR count). The highest BCUT2D eigenvalue weighted by Crippen LogP contribution is 2.22. The third kappa shape index (κ3) is 3.77. The molecule has 146 valence electrons. The van der Waals surface area contributed by atoms with Crippen molar-refractivity contribution in [1.29, 1.82) is 0 Å². The lowest BCUT2D eigenvalue weighted by molar-refractivity contribution is -0.116. The molecule has 0 atom stereocenters. The Morgan fingerprint density at radius 1 is 1.32 bits per heavy atom. The Morgan fingerprint density at radius 2 is 2.07 bits per heavy atom. The maximum Gasteiger partial charge on any atom is 0.342 e. The fraction of sp³-hybridized carbons (Fsp3) is 0.263. The number of furan rings is 1. The monoisotopic (exact) mass is 403 g/mol. The first-order valence-corrected chi connectivity index (χ1v) is 8.91. The van der Waals surface area contributed by atoms with Gasteiger partial charge in [-0.05, 0) is 44.5 Å². The summed E-state index contributed by atoms with van der Waals surface area (Å²) < 4.78 is 11.5. The molecule has 9 heteroatoms. The lowest BCUT2D eigenvalue weighted by Crippen LogP contribution is -2.28. The zero-order valence-corrected chi connectivity index (χ0v) is 16.3. The normalized spacial score (nSPS) is 10.9. The summed E-state index contributed by atoms with van der Waals surface area (Å²) in [7, 11) is 0. The summed E-state index contributed by atoms with van der Waals surface area (Å²) in [6.07, 6.45) is 1.21. The molecule has 1 N–H and O–H groups in total. The van der Waals surface area contributed by atoms with E-state index in [0.29, 0.717) is 10.7 Å². The highest BCUT2D eigenvalue weighted by molar-refractivity contribution is 6.30. The number of carbonyl (C=O) groups excluding carboxylic acids is 2. The summed E-state index contributed by atoms with van der Waals surface area (Å²) in [4.78, 5) is 41.4. The van der Waals surface area contributed by atoms with Crippen molar-refractivity contribution in [1.82, 2.24) is 9.55 Å². The molecule has 0 spiro atoms. The molecule has 2 aromatic heterocycles. The largest absolute Gasteiger partial charge is 0.462 e. The molecule has 0 aliphatic carbocycles. The van der Waals surface area contributed by atoms with Crippen LogP contribution in [0, 0.1) is 13.8 Å². The van der Waals surface area contributed by atoms with E-state index in [9.17, 15) is 14.4 Å². The Morgan fingerprint density at radius 3 is 2.75 bits per heavy atom.